The number of carbonyl (C=O) groups is 2. The van der Waals surface area contributed by atoms with Gasteiger partial charge in [-0.3, -0.25) is 9.59 Å². The van der Waals surface area contributed by atoms with Crippen molar-refractivity contribution in [1.29, 1.82) is 0 Å². The number of nitrogens with zero attached hydrogens (tertiary/aromatic N) is 2. The smallest absolute Gasteiger partial charge is 0.258 e. The Labute approximate surface area is 223 Å². The second kappa shape index (κ2) is 8.63. The summed E-state index contributed by atoms with van der Waals surface area (Å²) in [6.07, 6.45) is 0. The van der Waals surface area contributed by atoms with Gasteiger partial charge >= 0.3 is 0 Å². The Morgan fingerprint density at radius 3 is 1.47 bits per heavy atom. The summed E-state index contributed by atoms with van der Waals surface area (Å²) in [4.78, 5) is 32.0. The number of hydrogen-bond donors (Lipinski definition) is 0. The minimum atomic E-state index is -0.405. The van der Waals surface area contributed by atoms with Gasteiger partial charge in [0.05, 0.1) is 70.3 Å². The fraction of sp³-hybridized carbons (Fsp3) is 0.714. The van der Waals surface area contributed by atoms with Gasteiger partial charge in [0.1, 0.15) is 40.4 Å². The lowest BCUT2D eigenvalue weighted by molar-refractivity contribution is 0.0623. The Balaban J connectivity index is 1.35. The minimum Gasteiger partial charge on any atom is -0.490 e. The maximum absolute atomic E-state index is 14.3. The van der Waals surface area contributed by atoms with E-state index < -0.39 is 11.2 Å². The van der Waals surface area contributed by atoms with Crippen molar-refractivity contribution in [2.75, 3.05) is 65.8 Å². The number of amides is 2. The average molecular weight is 531 g/mol. The normalized spacial score (nSPS) is 37.8. The van der Waals surface area contributed by atoms with E-state index in [0.717, 1.165) is 0 Å². The number of rotatable bonds is 13. The van der Waals surface area contributed by atoms with Gasteiger partial charge in [0, 0.05) is 0 Å². The van der Waals surface area contributed by atoms with E-state index in [-0.39, 0.29) is 40.8 Å². The first-order chi connectivity index (χ1) is 17.8. The molecule has 5 atom stereocenters. The van der Waals surface area contributed by atoms with Gasteiger partial charge in [-0.2, -0.15) is 0 Å². The SMILES string of the molecule is CC1(COc2cccc(C(=O)N(CC3(C)CO3)CC3(C)CO3)c2C(=O)N(CC2(C)CO2)CC2(C)CO2)CO1. The van der Waals surface area contributed by atoms with Gasteiger partial charge in [-0.05, 0) is 46.8 Å². The van der Waals surface area contributed by atoms with Crippen LogP contribution in [-0.4, -0.2) is 115 Å². The van der Waals surface area contributed by atoms with E-state index in [2.05, 4.69) is 0 Å². The molecule has 5 aliphatic rings. The number of hydrogen-bond acceptors (Lipinski definition) is 8. The van der Waals surface area contributed by atoms with Crippen LogP contribution in [0.3, 0.4) is 0 Å². The lowest BCUT2D eigenvalue weighted by Crippen LogP contribution is -2.46. The van der Waals surface area contributed by atoms with E-state index in [4.69, 9.17) is 28.4 Å². The van der Waals surface area contributed by atoms with Crippen LogP contribution >= 0.6 is 0 Å². The predicted octanol–water partition coefficient (Wildman–Crippen LogP) is 1.89. The van der Waals surface area contributed by atoms with Crippen molar-refractivity contribution >= 4 is 11.8 Å². The molecule has 2 amide bonds. The molecule has 0 saturated carbocycles. The largest absolute Gasteiger partial charge is 0.490 e. The first-order valence-electron chi connectivity index (χ1n) is 13.4. The van der Waals surface area contributed by atoms with Crippen LogP contribution in [0.15, 0.2) is 18.2 Å². The third-order valence-corrected chi connectivity index (χ3v) is 7.86. The second-order valence-electron chi connectivity index (χ2n) is 13.0. The number of epoxide rings is 5. The summed E-state index contributed by atoms with van der Waals surface area (Å²) in [6, 6.07) is 5.22. The van der Waals surface area contributed by atoms with Crippen LogP contribution in [0.2, 0.25) is 0 Å². The molecule has 0 aromatic heterocycles. The zero-order valence-electron chi connectivity index (χ0n) is 23.0. The number of carbonyl (C=O) groups excluding carboxylic acids is 2. The molecule has 5 heterocycles. The molecule has 6 rings (SSSR count). The fourth-order valence-corrected chi connectivity index (χ4v) is 4.69. The van der Waals surface area contributed by atoms with Gasteiger partial charge in [-0.25, -0.2) is 0 Å². The summed E-state index contributed by atoms with van der Waals surface area (Å²) in [5, 5.41) is 0. The van der Waals surface area contributed by atoms with Crippen LogP contribution in [0, 0.1) is 0 Å². The first kappa shape index (κ1) is 26.0. The van der Waals surface area contributed by atoms with Gasteiger partial charge in [-0.15, -0.1) is 0 Å². The van der Waals surface area contributed by atoms with Crippen LogP contribution in [0.25, 0.3) is 0 Å². The molecular weight excluding hydrogens is 492 g/mol. The highest BCUT2D eigenvalue weighted by Gasteiger charge is 2.50. The average Bonchev–Trinajstić information content (AvgIpc) is 3.60. The molecule has 0 aliphatic carbocycles. The summed E-state index contributed by atoms with van der Waals surface area (Å²) in [6.45, 7) is 14.7. The third kappa shape index (κ3) is 5.84. The molecule has 0 radical (unpaired) electrons. The molecule has 5 aliphatic heterocycles. The van der Waals surface area contributed by atoms with Crippen LogP contribution in [0.5, 0.6) is 5.75 Å². The highest BCUT2D eigenvalue weighted by Crippen LogP contribution is 2.37. The van der Waals surface area contributed by atoms with Crippen LogP contribution in [-0.2, 0) is 23.7 Å². The standard InChI is InChI=1S/C28H38N2O8/c1-24(14-34-24)9-29(10-25(2)15-35-25)22(31)19-7-6-8-20(33-13-28(5)18-38-28)21(19)23(32)30(11-26(3)16-36-26)12-27(4)17-37-27/h6-8H,9-18H2,1-5H3. The lowest BCUT2D eigenvalue weighted by Gasteiger charge is -2.30. The lowest BCUT2D eigenvalue weighted by atomic mass is 10.00. The summed E-state index contributed by atoms with van der Waals surface area (Å²) in [5.74, 6) is -0.153. The summed E-state index contributed by atoms with van der Waals surface area (Å²) >= 11 is 0. The zero-order chi connectivity index (χ0) is 27.0. The molecule has 0 N–H and O–H groups in total. The monoisotopic (exact) mass is 530 g/mol. The molecule has 208 valence electrons. The maximum atomic E-state index is 14.3. The Bertz CT molecular complexity index is 1090. The highest BCUT2D eigenvalue weighted by atomic mass is 16.6. The van der Waals surface area contributed by atoms with Gasteiger partial charge in [-0.1, -0.05) is 6.07 Å². The fourth-order valence-electron chi connectivity index (χ4n) is 4.69. The summed E-state index contributed by atoms with van der Waals surface area (Å²) < 4.78 is 34.2. The molecule has 5 fully saturated rings. The van der Waals surface area contributed by atoms with Crippen LogP contribution < -0.4 is 4.74 Å². The third-order valence-electron chi connectivity index (χ3n) is 7.86. The highest BCUT2D eigenvalue weighted by molar-refractivity contribution is 6.09. The predicted molar refractivity (Wildman–Crippen MR) is 136 cm³/mol. The van der Waals surface area contributed by atoms with E-state index in [1.165, 1.54) is 0 Å². The Morgan fingerprint density at radius 2 is 1.08 bits per heavy atom. The molecule has 10 nitrogen and oxygen atoms in total. The van der Waals surface area contributed by atoms with E-state index in [1.54, 1.807) is 28.0 Å². The quantitative estimate of drug-likeness (QED) is 0.356. The number of ether oxygens (including phenoxy) is 6. The van der Waals surface area contributed by atoms with E-state index in [1.807, 2.05) is 34.6 Å². The zero-order valence-corrected chi connectivity index (χ0v) is 23.0. The Kier molecular flexibility index (Phi) is 5.91. The molecule has 1 aromatic carbocycles. The molecule has 10 heteroatoms. The second-order valence-corrected chi connectivity index (χ2v) is 13.0. The first-order valence-corrected chi connectivity index (χ1v) is 13.4. The van der Waals surface area contributed by atoms with Crippen molar-refractivity contribution < 1.29 is 38.0 Å². The van der Waals surface area contributed by atoms with E-state index in [0.29, 0.717) is 70.5 Å². The van der Waals surface area contributed by atoms with Crippen LogP contribution in [0.1, 0.15) is 55.3 Å². The summed E-state index contributed by atoms with van der Waals surface area (Å²) in [5.41, 5.74) is -1.42. The van der Waals surface area contributed by atoms with Crippen molar-refractivity contribution in [2.24, 2.45) is 0 Å². The summed E-state index contributed by atoms with van der Waals surface area (Å²) in [7, 11) is 0. The molecule has 1 aromatic rings. The van der Waals surface area contributed by atoms with Crippen LogP contribution in [0.4, 0.5) is 0 Å². The van der Waals surface area contributed by atoms with E-state index in [9.17, 15) is 9.59 Å². The van der Waals surface area contributed by atoms with Gasteiger partial charge in [0.15, 0.2) is 0 Å². The molecule has 5 unspecified atom stereocenters. The minimum absolute atomic E-state index is 0.246. The molecule has 5 saturated heterocycles. The Hall–Kier alpha value is -2.24. The molecule has 0 spiro atoms. The van der Waals surface area contributed by atoms with Crippen molar-refractivity contribution in [3.63, 3.8) is 0 Å². The number of benzene rings is 1. The van der Waals surface area contributed by atoms with Gasteiger partial charge < -0.3 is 38.2 Å². The van der Waals surface area contributed by atoms with E-state index >= 15 is 0 Å². The van der Waals surface area contributed by atoms with Crippen molar-refractivity contribution in [3.05, 3.63) is 29.3 Å². The van der Waals surface area contributed by atoms with Crippen molar-refractivity contribution in [2.45, 2.75) is 62.6 Å². The Morgan fingerprint density at radius 1 is 0.684 bits per heavy atom. The maximum Gasteiger partial charge on any atom is 0.258 e. The van der Waals surface area contributed by atoms with Gasteiger partial charge in [0.2, 0.25) is 0 Å². The van der Waals surface area contributed by atoms with Crippen molar-refractivity contribution in [1.82, 2.24) is 9.80 Å². The van der Waals surface area contributed by atoms with Gasteiger partial charge in [0.25, 0.3) is 11.8 Å². The molecular formula is C28H38N2O8. The molecule has 0 bridgehead atoms. The van der Waals surface area contributed by atoms with Crippen molar-refractivity contribution in [3.8, 4) is 5.75 Å². The molecule has 38 heavy (non-hydrogen) atoms. The topological polar surface area (TPSA) is 112 Å².